The Morgan fingerprint density at radius 1 is 1.04 bits per heavy atom. The normalized spacial score (nSPS) is 11.2. The molecule has 26 heavy (non-hydrogen) atoms. The van der Waals surface area contributed by atoms with E-state index in [0.29, 0.717) is 11.6 Å². The maximum atomic E-state index is 9.31. The van der Waals surface area contributed by atoms with E-state index in [-0.39, 0.29) is 6.61 Å². The number of benzene rings is 1. The Hall–Kier alpha value is -2.28. The van der Waals surface area contributed by atoms with Crippen molar-refractivity contribution >= 4 is 33.3 Å². The highest BCUT2D eigenvalue weighted by Crippen LogP contribution is 2.42. The van der Waals surface area contributed by atoms with Crippen molar-refractivity contribution in [1.29, 1.82) is 0 Å². The van der Waals surface area contributed by atoms with Gasteiger partial charge in [-0.1, -0.05) is 30.3 Å². The summed E-state index contributed by atoms with van der Waals surface area (Å²) in [6, 6.07) is 14.2. The summed E-state index contributed by atoms with van der Waals surface area (Å²) < 4.78 is 0. The van der Waals surface area contributed by atoms with Gasteiger partial charge >= 0.3 is 0 Å². The van der Waals surface area contributed by atoms with Gasteiger partial charge in [0.2, 0.25) is 0 Å². The van der Waals surface area contributed by atoms with Crippen molar-refractivity contribution in [1.82, 2.24) is 15.0 Å². The molecule has 0 amide bonds. The summed E-state index contributed by atoms with van der Waals surface area (Å²) in [4.78, 5) is 16.0. The van der Waals surface area contributed by atoms with Gasteiger partial charge < -0.3 is 5.11 Å². The van der Waals surface area contributed by atoms with Crippen LogP contribution in [0.4, 0.5) is 0 Å². The zero-order valence-electron chi connectivity index (χ0n) is 14.2. The van der Waals surface area contributed by atoms with Crippen LogP contribution in [0.15, 0.2) is 59.9 Å². The quantitative estimate of drug-likeness (QED) is 0.398. The van der Waals surface area contributed by atoms with Crippen molar-refractivity contribution in [2.24, 2.45) is 0 Å². The second kappa shape index (κ2) is 7.53. The molecule has 0 saturated carbocycles. The zero-order chi connectivity index (χ0) is 17.9. The van der Waals surface area contributed by atoms with Crippen LogP contribution in [0.25, 0.3) is 32.7 Å². The Balaban J connectivity index is 1.96. The van der Waals surface area contributed by atoms with Gasteiger partial charge in [0.05, 0.1) is 12.0 Å². The SMILES string of the molecule is Cc1sc2nc(-c3cccnc3)nc(SCCO)c2c1-c1ccccc1. The molecule has 3 heterocycles. The number of aliphatic hydroxyl groups is 1. The van der Waals surface area contributed by atoms with Crippen molar-refractivity contribution in [3.05, 3.63) is 59.7 Å². The first-order valence-electron chi connectivity index (χ1n) is 8.28. The number of thioether (sulfide) groups is 1. The lowest BCUT2D eigenvalue weighted by atomic mass is 10.0. The minimum Gasteiger partial charge on any atom is -0.396 e. The van der Waals surface area contributed by atoms with Gasteiger partial charge in [0.1, 0.15) is 9.86 Å². The van der Waals surface area contributed by atoms with E-state index in [1.54, 1.807) is 35.5 Å². The van der Waals surface area contributed by atoms with Crippen LogP contribution in [0.1, 0.15) is 4.88 Å². The van der Waals surface area contributed by atoms with E-state index in [0.717, 1.165) is 20.8 Å². The van der Waals surface area contributed by atoms with Crippen molar-refractivity contribution in [3.63, 3.8) is 0 Å². The Labute approximate surface area is 160 Å². The second-order valence-electron chi connectivity index (χ2n) is 5.75. The Kier molecular flexibility index (Phi) is 4.97. The summed E-state index contributed by atoms with van der Waals surface area (Å²) in [5.41, 5.74) is 3.25. The van der Waals surface area contributed by atoms with E-state index in [4.69, 9.17) is 9.97 Å². The zero-order valence-corrected chi connectivity index (χ0v) is 15.8. The lowest BCUT2D eigenvalue weighted by Gasteiger charge is -2.08. The first-order valence-corrected chi connectivity index (χ1v) is 10.1. The van der Waals surface area contributed by atoms with Gasteiger partial charge in [0.15, 0.2) is 5.82 Å². The molecule has 0 atom stereocenters. The van der Waals surface area contributed by atoms with Gasteiger partial charge in [0.25, 0.3) is 0 Å². The molecule has 0 aliphatic carbocycles. The van der Waals surface area contributed by atoms with Crippen molar-refractivity contribution in [2.75, 3.05) is 12.4 Å². The summed E-state index contributed by atoms with van der Waals surface area (Å²) >= 11 is 3.25. The first kappa shape index (κ1) is 17.1. The van der Waals surface area contributed by atoms with Crippen LogP contribution in [-0.2, 0) is 0 Å². The number of aromatic nitrogens is 3. The number of aliphatic hydroxyl groups excluding tert-OH is 1. The molecule has 4 nitrogen and oxygen atoms in total. The first-order chi connectivity index (χ1) is 12.8. The van der Waals surface area contributed by atoms with E-state index in [1.165, 1.54) is 16.0 Å². The van der Waals surface area contributed by atoms with Gasteiger partial charge in [-0.15, -0.1) is 23.1 Å². The molecule has 6 heteroatoms. The number of nitrogens with zero attached hydrogens (tertiary/aromatic N) is 3. The molecular formula is C20H17N3OS2. The third-order valence-electron chi connectivity index (χ3n) is 4.01. The van der Waals surface area contributed by atoms with Crippen LogP contribution < -0.4 is 0 Å². The van der Waals surface area contributed by atoms with E-state index >= 15 is 0 Å². The third-order valence-corrected chi connectivity index (χ3v) is 5.96. The highest BCUT2D eigenvalue weighted by Gasteiger charge is 2.19. The Morgan fingerprint density at radius 2 is 1.85 bits per heavy atom. The summed E-state index contributed by atoms with van der Waals surface area (Å²) in [6.45, 7) is 2.24. The fourth-order valence-electron chi connectivity index (χ4n) is 2.90. The van der Waals surface area contributed by atoms with E-state index < -0.39 is 0 Å². The molecule has 0 saturated heterocycles. The smallest absolute Gasteiger partial charge is 0.163 e. The molecule has 0 radical (unpaired) electrons. The van der Waals surface area contributed by atoms with Crippen LogP contribution in [0.5, 0.6) is 0 Å². The van der Waals surface area contributed by atoms with Crippen LogP contribution in [0.3, 0.4) is 0 Å². The summed E-state index contributed by atoms with van der Waals surface area (Å²) in [7, 11) is 0. The molecule has 0 fully saturated rings. The van der Waals surface area contributed by atoms with Crippen molar-refractivity contribution in [3.8, 4) is 22.5 Å². The lowest BCUT2D eigenvalue weighted by Crippen LogP contribution is -1.95. The van der Waals surface area contributed by atoms with Gasteiger partial charge in [-0.05, 0) is 24.6 Å². The van der Waals surface area contributed by atoms with E-state index in [9.17, 15) is 5.11 Å². The molecule has 4 aromatic rings. The van der Waals surface area contributed by atoms with Crippen LogP contribution >= 0.6 is 23.1 Å². The van der Waals surface area contributed by atoms with Gasteiger partial charge in [-0.25, -0.2) is 9.97 Å². The number of rotatable bonds is 5. The number of aryl methyl sites for hydroxylation is 1. The van der Waals surface area contributed by atoms with Crippen LogP contribution in [-0.4, -0.2) is 32.4 Å². The molecule has 0 bridgehead atoms. The maximum Gasteiger partial charge on any atom is 0.163 e. The summed E-state index contributed by atoms with van der Waals surface area (Å²) in [5, 5.41) is 11.3. The average Bonchev–Trinajstić information content (AvgIpc) is 3.03. The third kappa shape index (κ3) is 3.23. The summed E-state index contributed by atoms with van der Waals surface area (Å²) in [6.07, 6.45) is 3.52. The van der Waals surface area contributed by atoms with Crippen molar-refractivity contribution < 1.29 is 5.11 Å². The number of thiophene rings is 1. The Bertz CT molecular complexity index is 1030. The average molecular weight is 380 g/mol. The monoisotopic (exact) mass is 379 g/mol. The van der Waals surface area contributed by atoms with E-state index in [2.05, 4.69) is 24.0 Å². The molecule has 0 aliphatic heterocycles. The predicted molar refractivity (Wildman–Crippen MR) is 109 cm³/mol. The molecular weight excluding hydrogens is 362 g/mol. The Morgan fingerprint density at radius 3 is 2.58 bits per heavy atom. The fourth-order valence-corrected chi connectivity index (χ4v) is 4.79. The van der Waals surface area contributed by atoms with Crippen molar-refractivity contribution in [2.45, 2.75) is 11.9 Å². The maximum absolute atomic E-state index is 9.31. The second-order valence-corrected chi connectivity index (χ2v) is 8.03. The van der Waals surface area contributed by atoms with Crippen LogP contribution in [0.2, 0.25) is 0 Å². The molecule has 130 valence electrons. The highest BCUT2D eigenvalue weighted by atomic mass is 32.2. The minimum atomic E-state index is 0.113. The molecule has 4 rings (SSSR count). The number of fused-ring (bicyclic) bond motifs is 1. The molecule has 0 aliphatic rings. The molecule has 3 aromatic heterocycles. The molecule has 1 aromatic carbocycles. The van der Waals surface area contributed by atoms with Gasteiger partial charge in [0, 0.05) is 34.2 Å². The minimum absolute atomic E-state index is 0.113. The predicted octanol–water partition coefficient (Wildman–Crippen LogP) is 4.81. The fraction of sp³-hybridized carbons (Fsp3) is 0.150. The number of hydrogen-bond acceptors (Lipinski definition) is 6. The van der Waals surface area contributed by atoms with E-state index in [1.807, 2.05) is 30.3 Å². The molecule has 1 N–H and O–H groups in total. The molecule has 0 unspecified atom stereocenters. The van der Waals surface area contributed by atoms with Gasteiger partial charge in [-0.2, -0.15) is 0 Å². The van der Waals surface area contributed by atoms with Gasteiger partial charge in [-0.3, -0.25) is 4.98 Å². The topological polar surface area (TPSA) is 58.9 Å². The number of pyridine rings is 1. The summed E-state index contributed by atoms with van der Waals surface area (Å²) in [5.74, 6) is 1.27. The standard InChI is InChI=1S/C20H17N3OS2/c1-13-16(14-6-3-2-4-7-14)17-19(25-11-10-24)22-18(23-20(17)26-13)15-8-5-9-21-12-15/h2-9,12,24H,10-11H2,1H3. The highest BCUT2D eigenvalue weighted by molar-refractivity contribution is 7.99. The molecule has 0 spiro atoms. The van der Waals surface area contributed by atoms with Crippen LogP contribution in [0, 0.1) is 6.92 Å². The largest absolute Gasteiger partial charge is 0.396 e. The lowest BCUT2D eigenvalue weighted by molar-refractivity contribution is 0.322. The number of hydrogen-bond donors (Lipinski definition) is 1.